The number of ether oxygens (including phenoxy) is 2. The second kappa shape index (κ2) is 7.53. The summed E-state index contributed by atoms with van der Waals surface area (Å²) in [6.45, 7) is 6.28. The molecule has 0 bridgehead atoms. The van der Waals surface area contributed by atoms with Gasteiger partial charge in [-0.3, -0.25) is 0 Å². The largest absolute Gasteiger partial charge is 0.493 e. The Balaban J connectivity index is 1.71. The maximum atomic E-state index is 5.79. The minimum absolute atomic E-state index is 0.646. The van der Waals surface area contributed by atoms with Crippen LogP contribution in [0.4, 0.5) is 0 Å². The molecular weight excluding hydrogens is 250 g/mol. The first-order chi connectivity index (χ1) is 9.70. The van der Waals surface area contributed by atoms with Crippen molar-refractivity contribution in [3.63, 3.8) is 0 Å². The van der Waals surface area contributed by atoms with Gasteiger partial charge in [0, 0.05) is 12.6 Å². The Labute approximate surface area is 122 Å². The van der Waals surface area contributed by atoms with Crippen LogP contribution in [0.2, 0.25) is 0 Å². The predicted octanol–water partition coefficient (Wildman–Crippen LogP) is 3.49. The van der Waals surface area contributed by atoms with E-state index < -0.39 is 0 Å². The monoisotopic (exact) mass is 277 g/mol. The Hall–Kier alpha value is -1.22. The Bertz CT molecular complexity index is 408. The highest BCUT2D eigenvalue weighted by Gasteiger charge is 2.24. The van der Waals surface area contributed by atoms with E-state index in [-0.39, 0.29) is 0 Å². The van der Waals surface area contributed by atoms with Crippen LogP contribution in [0.1, 0.15) is 33.1 Å². The van der Waals surface area contributed by atoms with Crippen molar-refractivity contribution in [1.29, 1.82) is 0 Å². The molecule has 0 heterocycles. The zero-order chi connectivity index (χ0) is 14.4. The van der Waals surface area contributed by atoms with Crippen molar-refractivity contribution >= 4 is 0 Å². The topological polar surface area (TPSA) is 30.5 Å². The minimum Gasteiger partial charge on any atom is -0.493 e. The molecule has 0 radical (unpaired) electrons. The summed E-state index contributed by atoms with van der Waals surface area (Å²) in [5.41, 5.74) is 0. The summed E-state index contributed by atoms with van der Waals surface area (Å²) in [5, 5.41) is 3.63. The number of para-hydroxylation sites is 2. The van der Waals surface area contributed by atoms with Gasteiger partial charge < -0.3 is 14.8 Å². The number of methoxy groups -OCH3 is 1. The Kier molecular flexibility index (Phi) is 5.72. The lowest BCUT2D eigenvalue weighted by molar-refractivity contribution is 0.213. The van der Waals surface area contributed by atoms with Gasteiger partial charge in [-0.05, 0) is 43.2 Å². The average molecular weight is 277 g/mol. The highest BCUT2D eigenvalue weighted by atomic mass is 16.5. The molecule has 112 valence electrons. The lowest BCUT2D eigenvalue weighted by atomic mass is 9.80. The van der Waals surface area contributed by atoms with Crippen molar-refractivity contribution in [2.24, 2.45) is 11.8 Å². The number of benzene rings is 1. The summed E-state index contributed by atoms with van der Waals surface area (Å²) in [6.07, 6.45) is 3.97. The minimum atomic E-state index is 0.646. The average Bonchev–Trinajstić information content (AvgIpc) is 2.46. The van der Waals surface area contributed by atoms with Crippen molar-refractivity contribution in [1.82, 2.24) is 5.32 Å². The first-order valence-corrected chi connectivity index (χ1v) is 7.70. The van der Waals surface area contributed by atoms with Crippen LogP contribution in [0, 0.1) is 11.8 Å². The summed E-state index contributed by atoms with van der Waals surface area (Å²) in [6, 6.07) is 8.44. The van der Waals surface area contributed by atoms with Crippen LogP contribution >= 0.6 is 0 Å². The molecule has 2 rings (SSSR count). The van der Waals surface area contributed by atoms with Gasteiger partial charge in [0.05, 0.1) is 7.11 Å². The SMILES string of the molecule is COc1ccccc1OCCNC1CCC(C)CC1C. The zero-order valence-electron chi connectivity index (χ0n) is 12.9. The fraction of sp³-hybridized carbons (Fsp3) is 0.647. The standard InChI is InChI=1S/C17H27NO2/c1-13-8-9-15(14(2)12-13)18-10-11-20-17-7-5-4-6-16(17)19-3/h4-7,13-15,18H,8-12H2,1-3H3. The first-order valence-electron chi connectivity index (χ1n) is 7.70. The fourth-order valence-electron chi connectivity index (χ4n) is 3.11. The predicted molar refractivity (Wildman–Crippen MR) is 82.5 cm³/mol. The molecule has 1 aliphatic rings. The van der Waals surface area contributed by atoms with Crippen LogP contribution in [0.3, 0.4) is 0 Å². The van der Waals surface area contributed by atoms with Gasteiger partial charge in [0.1, 0.15) is 6.61 Å². The molecule has 0 aliphatic heterocycles. The van der Waals surface area contributed by atoms with Gasteiger partial charge in [0.15, 0.2) is 11.5 Å². The molecule has 3 nitrogen and oxygen atoms in total. The summed E-state index contributed by atoms with van der Waals surface area (Å²) < 4.78 is 11.1. The number of rotatable bonds is 6. The van der Waals surface area contributed by atoms with E-state index in [1.54, 1.807) is 7.11 Å². The molecule has 1 N–H and O–H groups in total. The van der Waals surface area contributed by atoms with Crippen LogP contribution in [-0.4, -0.2) is 26.3 Å². The molecule has 3 atom stereocenters. The molecule has 0 amide bonds. The van der Waals surface area contributed by atoms with Crippen LogP contribution in [0.15, 0.2) is 24.3 Å². The Morgan fingerprint density at radius 3 is 2.60 bits per heavy atom. The van der Waals surface area contributed by atoms with E-state index in [0.717, 1.165) is 29.9 Å². The molecule has 1 fully saturated rings. The maximum absolute atomic E-state index is 5.79. The molecule has 0 aromatic heterocycles. The molecule has 3 unspecified atom stereocenters. The van der Waals surface area contributed by atoms with E-state index >= 15 is 0 Å². The van der Waals surface area contributed by atoms with E-state index in [4.69, 9.17) is 9.47 Å². The number of hydrogen-bond acceptors (Lipinski definition) is 3. The molecule has 1 saturated carbocycles. The lowest BCUT2D eigenvalue weighted by Gasteiger charge is -2.33. The van der Waals surface area contributed by atoms with E-state index in [9.17, 15) is 0 Å². The van der Waals surface area contributed by atoms with Gasteiger partial charge in [0.25, 0.3) is 0 Å². The molecule has 3 heteroatoms. The maximum Gasteiger partial charge on any atom is 0.161 e. The number of nitrogens with one attached hydrogen (secondary N) is 1. The van der Waals surface area contributed by atoms with E-state index in [1.807, 2.05) is 24.3 Å². The van der Waals surface area contributed by atoms with Gasteiger partial charge in [-0.15, -0.1) is 0 Å². The fourth-order valence-corrected chi connectivity index (χ4v) is 3.11. The smallest absolute Gasteiger partial charge is 0.161 e. The summed E-state index contributed by atoms with van der Waals surface area (Å²) in [5.74, 6) is 3.27. The van der Waals surface area contributed by atoms with Crippen molar-refractivity contribution in [2.75, 3.05) is 20.3 Å². The molecule has 0 spiro atoms. The van der Waals surface area contributed by atoms with Crippen LogP contribution < -0.4 is 14.8 Å². The van der Waals surface area contributed by atoms with Gasteiger partial charge >= 0.3 is 0 Å². The van der Waals surface area contributed by atoms with E-state index in [2.05, 4.69) is 19.2 Å². The van der Waals surface area contributed by atoms with Gasteiger partial charge in [-0.25, -0.2) is 0 Å². The molecule has 0 saturated heterocycles. The summed E-state index contributed by atoms with van der Waals surface area (Å²) in [4.78, 5) is 0. The van der Waals surface area contributed by atoms with Crippen molar-refractivity contribution in [3.8, 4) is 11.5 Å². The third kappa shape index (κ3) is 4.14. The second-order valence-corrected chi connectivity index (χ2v) is 5.96. The molecule has 1 aromatic rings. The molecule has 20 heavy (non-hydrogen) atoms. The van der Waals surface area contributed by atoms with Gasteiger partial charge in [-0.1, -0.05) is 26.0 Å². The Morgan fingerprint density at radius 1 is 1.15 bits per heavy atom. The second-order valence-electron chi connectivity index (χ2n) is 5.96. The molecule has 1 aliphatic carbocycles. The van der Waals surface area contributed by atoms with Crippen LogP contribution in [0.25, 0.3) is 0 Å². The van der Waals surface area contributed by atoms with E-state index in [1.165, 1.54) is 19.3 Å². The zero-order valence-corrected chi connectivity index (χ0v) is 12.9. The Morgan fingerprint density at radius 2 is 1.90 bits per heavy atom. The van der Waals surface area contributed by atoms with Crippen LogP contribution in [-0.2, 0) is 0 Å². The van der Waals surface area contributed by atoms with Crippen molar-refractivity contribution < 1.29 is 9.47 Å². The van der Waals surface area contributed by atoms with Crippen molar-refractivity contribution in [2.45, 2.75) is 39.2 Å². The van der Waals surface area contributed by atoms with Gasteiger partial charge in [-0.2, -0.15) is 0 Å². The normalized spacial score (nSPS) is 26.2. The number of hydrogen-bond donors (Lipinski definition) is 1. The highest BCUT2D eigenvalue weighted by Crippen LogP contribution is 2.28. The van der Waals surface area contributed by atoms with Crippen molar-refractivity contribution in [3.05, 3.63) is 24.3 Å². The summed E-state index contributed by atoms with van der Waals surface area (Å²) >= 11 is 0. The quantitative estimate of drug-likeness (QED) is 0.807. The first kappa shape index (κ1) is 15.2. The molecular formula is C17H27NO2. The highest BCUT2D eigenvalue weighted by molar-refractivity contribution is 5.39. The van der Waals surface area contributed by atoms with E-state index in [0.29, 0.717) is 12.6 Å². The van der Waals surface area contributed by atoms with Gasteiger partial charge in [0.2, 0.25) is 0 Å². The third-order valence-electron chi connectivity index (χ3n) is 4.27. The summed E-state index contributed by atoms with van der Waals surface area (Å²) in [7, 11) is 1.67. The van der Waals surface area contributed by atoms with Crippen LogP contribution in [0.5, 0.6) is 11.5 Å². The lowest BCUT2D eigenvalue weighted by Crippen LogP contribution is -2.40. The molecule has 1 aromatic carbocycles. The third-order valence-corrected chi connectivity index (χ3v) is 4.27.